The lowest BCUT2D eigenvalue weighted by Gasteiger charge is -2.42. The predicted molar refractivity (Wildman–Crippen MR) is 88.5 cm³/mol. The van der Waals surface area contributed by atoms with E-state index in [0.717, 1.165) is 6.42 Å². The van der Waals surface area contributed by atoms with E-state index in [4.69, 9.17) is 9.47 Å². The van der Waals surface area contributed by atoms with Gasteiger partial charge in [-0.1, -0.05) is 6.92 Å². The highest BCUT2D eigenvalue weighted by Crippen LogP contribution is 2.22. The van der Waals surface area contributed by atoms with Gasteiger partial charge in [0.15, 0.2) is 6.29 Å². The van der Waals surface area contributed by atoms with E-state index in [0.29, 0.717) is 25.8 Å². The smallest absolute Gasteiger partial charge is 0.219 e. The summed E-state index contributed by atoms with van der Waals surface area (Å²) in [5.41, 5.74) is 0. The Kier molecular flexibility index (Phi) is 9.91. The number of hydrogen-bond acceptors (Lipinski definition) is 7. The van der Waals surface area contributed by atoms with Crippen molar-refractivity contribution in [3.05, 3.63) is 0 Å². The van der Waals surface area contributed by atoms with Crippen LogP contribution in [0.3, 0.4) is 0 Å². The van der Waals surface area contributed by atoms with Gasteiger partial charge in [-0.2, -0.15) is 0 Å². The van der Waals surface area contributed by atoms with Gasteiger partial charge >= 0.3 is 0 Å². The van der Waals surface area contributed by atoms with Crippen LogP contribution in [0.1, 0.15) is 39.5 Å². The number of rotatable bonds is 10. The minimum atomic E-state index is -1.33. The standard InChI is InChI=1S/C16H30N2O7/c1-3-7-17-12(21)6-4-5-8-24-16-13(18-10(2)20)15(23)14(22)11(9-19)25-16/h11,13-16,19,22-23H,3-9H2,1-2H3,(H,17,21)(H,18,20)/t11?,13?,14-,15+,16+/m0/s1. The van der Waals surface area contributed by atoms with Crippen molar-refractivity contribution in [2.45, 2.75) is 70.2 Å². The van der Waals surface area contributed by atoms with Gasteiger partial charge in [0.2, 0.25) is 11.8 Å². The fourth-order valence-corrected chi connectivity index (χ4v) is 2.55. The Morgan fingerprint density at radius 2 is 1.92 bits per heavy atom. The van der Waals surface area contributed by atoms with Gasteiger partial charge in [-0.15, -0.1) is 0 Å². The summed E-state index contributed by atoms with van der Waals surface area (Å²) in [5.74, 6) is -0.408. The second-order valence-electron chi connectivity index (χ2n) is 6.11. The molecule has 0 aromatic carbocycles. The molecule has 2 unspecified atom stereocenters. The number of carbonyl (C=O) groups is 2. The molecule has 1 aliphatic heterocycles. The molecule has 25 heavy (non-hydrogen) atoms. The molecule has 0 aromatic heterocycles. The van der Waals surface area contributed by atoms with Gasteiger partial charge in [0.25, 0.3) is 0 Å². The normalized spacial score (nSPS) is 29.2. The first-order valence-corrected chi connectivity index (χ1v) is 8.68. The van der Waals surface area contributed by atoms with E-state index in [2.05, 4.69) is 10.6 Å². The highest BCUT2D eigenvalue weighted by Gasteiger charge is 2.45. The molecule has 1 fully saturated rings. The summed E-state index contributed by atoms with van der Waals surface area (Å²) in [7, 11) is 0. The van der Waals surface area contributed by atoms with Crippen LogP contribution in [0, 0.1) is 0 Å². The Morgan fingerprint density at radius 3 is 2.52 bits per heavy atom. The number of nitrogens with one attached hydrogen (secondary N) is 2. The summed E-state index contributed by atoms with van der Waals surface area (Å²) >= 11 is 0. The number of amides is 2. The van der Waals surface area contributed by atoms with Crippen LogP contribution in [0.2, 0.25) is 0 Å². The van der Waals surface area contributed by atoms with Crippen LogP contribution in [-0.4, -0.2) is 77.5 Å². The molecule has 5 N–H and O–H groups in total. The monoisotopic (exact) mass is 362 g/mol. The SMILES string of the molecule is CCCNC(=O)CCCCO[C@@H]1OC(CO)[C@H](O)[C@H](O)C1NC(C)=O. The zero-order chi connectivity index (χ0) is 18.8. The molecule has 146 valence electrons. The minimum absolute atomic E-state index is 0.00854. The average molecular weight is 362 g/mol. The Hall–Kier alpha value is -1.26. The van der Waals surface area contributed by atoms with Crippen LogP contribution in [0.15, 0.2) is 0 Å². The van der Waals surface area contributed by atoms with Gasteiger partial charge in [-0.3, -0.25) is 9.59 Å². The molecular weight excluding hydrogens is 332 g/mol. The third kappa shape index (κ3) is 7.25. The minimum Gasteiger partial charge on any atom is -0.394 e. The zero-order valence-electron chi connectivity index (χ0n) is 14.8. The average Bonchev–Trinajstić information content (AvgIpc) is 2.58. The zero-order valence-corrected chi connectivity index (χ0v) is 14.8. The summed E-state index contributed by atoms with van der Waals surface area (Å²) in [6.07, 6.45) is -2.14. The fraction of sp³-hybridized carbons (Fsp3) is 0.875. The topological polar surface area (TPSA) is 137 Å². The van der Waals surface area contributed by atoms with E-state index in [-0.39, 0.29) is 12.5 Å². The third-order valence-corrected chi connectivity index (χ3v) is 3.90. The van der Waals surface area contributed by atoms with Gasteiger partial charge in [-0.25, -0.2) is 0 Å². The van der Waals surface area contributed by atoms with Crippen molar-refractivity contribution in [3.63, 3.8) is 0 Å². The molecule has 1 heterocycles. The molecule has 2 amide bonds. The van der Waals surface area contributed by atoms with Gasteiger partial charge < -0.3 is 35.4 Å². The lowest BCUT2D eigenvalue weighted by Crippen LogP contribution is -2.64. The van der Waals surface area contributed by atoms with Crippen molar-refractivity contribution in [3.8, 4) is 0 Å². The maximum atomic E-state index is 11.5. The molecule has 5 atom stereocenters. The summed E-state index contributed by atoms with van der Waals surface area (Å²) in [6, 6.07) is -0.942. The largest absolute Gasteiger partial charge is 0.394 e. The first-order valence-electron chi connectivity index (χ1n) is 8.68. The molecule has 9 heteroatoms. The van der Waals surface area contributed by atoms with Crippen LogP contribution in [0.4, 0.5) is 0 Å². The van der Waals surface area contributed by atoms with Crippen LogP contribution < -0.4 is 10.6 Å². The van der Waals surface area contributed by atoms with E-state index >= 15 is 0 Å². The molecule has 0 spiro atoms. The van der Waals surface area contributed by atoms with Crippen LogP contribution in [-0.2, 0) is 19.1 Å². The molecular formula is C16H30N2O7. The lowest BCUT2D eigenvalue weighted by molar-refractivity contribution is -0.270. The van der Waals surface area contributed by atoms with Crippen molar-refractivity contribution in [2.24, 2.45) is 0 Å². The summed E-state index contributed by atoms with van der Waals surface area (Å²) in [5, 5.41) is 34.5. The molecule has 1 saturated heterocycles. The highest BCUT2D eigenvalue weighted by atomic mass is 16.7. The van der Waals surface area contributed by atoms with Crippen molar-refractivity contribution in [1.82, 2.24) is 10.6 Å². The molecule has 0 saturated carbocycles. The van der Waals surface area contributed by atoms with Gasteiger partial charge in [0, 0.05) is 26.5 Å². The maximum Gasteiger partial charge on any atom is 0.219 e. The summed E-state index contributed by atoms with van der Waals surface area (Å²) in [4.78, 5) is 22.8. The highest BCUT2D eigenvalue weighted by molar-refractivity contribution is 5.75. The van der Waals surface area contributed by atoms with E-state index in [1.165, 1.54) is 6.92 Å². The van der Waals surface area contributed by atoms with Crippen LogP contribution in [0.25, 0.3) is 0 Å². The number of aliphatic hydroxyl groups is 3. The second-order valence-corrected chi connectivity index (χ2v) is 6.11. The summed E-state index contributed by atoms with van der Waals surface area (Å²) < 4.78 is 11.0. The van der Waals surface area contributed by atoms with E-state index in [1.807, 2.05) is 6.92 Å². The molecule has 0 aromatic rings. The second kappa shape index (κ2) is 11.4. The predicted octanol–water partition coefficient (Wildman–Crippen LogP) is -1.36. The first kappa shape index (κ1) is 21.8. The van der Waals surface area contributed by atoms with E-state index < -0.39 is 43.2 Å². The van der Waals surface area contributed by atoms with E-state index in [9.17, 15) is 24.9 Å². The molecule has 1 rings (SSSR count). The van der Waals surface area contributed by atoms with Crippen molar-refractivity contribution < 1.29 is 34.4 Å². The van der Waals surface area contributed by atoms with E-state index in [1.54, 1.807) is 0 Å². The van der Waals surface area contributed by atoms with Gasteiger partial charge in [0.1, 0.15) is 24.4 Å². The Labute approximate surface area is 147 Å². The van der Waals surface area contributed by atoms with Gasteiger partial charge in [0.05, 0.1) is 6.61 Å². The molecule has 0 radical (unpaired) electrons. The van der Waals surface area contributed by atoms with Crippen LogP contribution >= 0.6 is 0 Å². The lowest BCUT2D eigenvalue weighted by atomic mass is 9.97. The Bertz CT molecular complexity index is 421. The molecule has 0 aliphatic carbocycles. The number of aliphatic hydroxyl groups excluding tert-OH is 3. The first-order chi connectivity index (χ1) is 11.9. The third-order valence-electron chi connectivity index (χ3n) is 3.90. The molecule has 1 aliphatic rings. The van der Waals surface area contributed by atoms with Crippen molar-refractivity contribution in [1.29, 1.82) is 0 Å². The van der Waals surface area contributed by atoms with Crippen LogP contribution in [0.5, 0.6) is 0 Å². The number of hydrogen-bond donors (Lipinski definition) is 5. The Morgan fingerprint density at radius 1 is 1.20 bits per heavy atom. The fourth-order valence-electron chi connectivity index (χ4n) is 2.55. The van der Waals surface area contributed by atoms with Gasteiger partial charge in [-0.05, 0) is 19.3 Å². The molecule has 0 bridgehead atoms. The summed E-state index contributed by atoms with van der Waals surface area (Å²) in [6.45, 7) is 3.69. The number of ether oxygens (including phenoxy) is 2. The maximum absolute atomic E-state index is 11.5. The quantitative estimate of drug-likeness (QED) is 0.303. The number of unbranched alkanes of at least 4 members (excludes halogenated alkanes) is 1. The number of carbonyl (C=O) groups excluding carboxylic acids is 2. The molecule has 9 nitrogen and oxygen atoms in total. The van der Waals surface area contributed by atoms with Crippen molar-refractivity contribution in [2.75, 3.05) is 19.8 Å². The Balaban J connectivity index is 2.44. The van der Waals surface area contributed by atoms with Crippen molar-refractivity contribution >= 4 is 11.8 Å².